The molecular formula is C15H23N3O3S. The predicted molar refractivity (Wildman–Crippen MR) is 88.3 cm³/mol. The molecule has 1 unspecified atom stereocenters. The van der Waals surface area contributed by atoms with E-state index in [-0.39, 0.29) is 29.5 Å². The van der Waals surface area contributed by atoms with E-state index in [1.165, 1.54) is 0 Å². The summed E-state index contributed by atoms with van der Waals surface area (Å²) in [6, 6.07) is 7.55. The van der Waals surface area contributed by atoms with Gasteiger partial charge in [0.2, 0.25) is 15.9 Å². The topological polar surface area (TPSA) is 92.5 Å². The summed E-state index contributed by atoms with van der Waals surface area (Å²) in [6.07, 6.45) is 0.209. The molecular weight excluding hydrogens is 302 g/mol. The Morgan fingerprint density at radius 1 is 1.32 bits per heavy atom. The molecule has 1 amide bonds. The van der Waals surface area contributed by atoms with E-state index in [2.05, 4.69) is 5.32 Å². The molecule has 3 N–H and O–H groups in total. The lowest BCUT2D eigenvalue weighted by molar-refractivity contribution is -0.117. The van der Waals surface area contributed by atoms with Gasteiger partial charge in [0.05, 0.1) is 17.1 Å². The minimum Gasteiger partial charge on any atom is -0.379 e. The molecule has 1 saturated heterocycles. The van der Waals surface area contributed by atoms with Crippen LogP contribution in [0, 0.1) is 5.92 Å². The molecule has 2 rings (SSSR count). The van der Waals surface area contributed by atoms with Crippen LogP contribution in [0.3, 0.4) is 0 Å². The Balaban J connectivity index is 2.24. The van der Waals surface area contributed by atoms with Crippen molar-refractivity contribution in [3.8, 4) is 0 Å². The van der Waals surface area contributed by atoms with Gasteiger partial charge in [0, 0.05) is 24.4 Å². The van der Waals surface area contributed by atoms with Gasteiger partial charge in [-0.1, -0.05) is 12.1 Å². The monoisotopic (exact) mass is 325 g/mol. The Morgan fingerprint density at radius 2 is 1.95 bits per heavy atom. The van der Waals surface area contributed by atoms with E-state index in [9.17, 15) is 13.2 Å². The third kappa shape index (κ3) is 4.45. The van der Waals surface area contributed by atoms with Crippen LogP contribution in [0.25, 0.3) is 0 Å². The Bertz CT molecular complexity index is 665. The number of carbonyl (C=O) groups is 1. The Kier molecular flexibility index (Phi) is 4.49. The number of nitrogens with zero attached hydrogens (tertiary/aromatic N) is 1. The van der Waals surface area contributed by atoms with Crippen LogP contribution >= 0.6 is 0 Å². The number of sulfonamides is 1. The Morgan fingerprint density at radius 3 is 2.55 bits per heavy atom. The zero-order valence-electron chi connectivity index (χ0n) is 13.2. The second-order valence-electron chi connectivity index (χ2n) is 6.80. The van der Waals surface area contributed by atoms with Crippen LogP contribution in [-0.2, 0) is 14.8 Å². The van der Waals surface area contributed by atoms with Crippen LogP contribution in [0.1, 0.15) is 27.2 Å². The van der Waals surface area contributed by atoms with Crippen LogP contribution in [0.5, 0.6) is 0 Å². The highest BCUT2D eigenvalue weighted by Crippen LogP contribution is 2.33. The standard InChI is InChI=1S/C15H23N3O3S/c1-15(2,3)17-12-6-4-5-7-13(12)18-9-11(8-14(18)19)10-22(16,20)21/h4-7,11,17H,8-10H2,1-3H3,(H2,16,20,21). The van der Waals surface area contributed by atoms with E-state index in [1.54, 1.807) is 4.90 Å². The first-order chi connectivity index (χ1) is 10.1. The minimum absolute atomic E-state index is 0.0724. The normalized spacial score (nSPS) is 19.5. The molecule has 7 heteroatoms. The molecule has 1 aromatic rings. The van der Waals surface area contributed by atoms with Gasteiger partial charge >= 0.3 is 0 Å². The van der Waals surface area contributed by atoms with Crippen molar-refractivity contribution < 1.29 is 13.2 Å². The zero-order chi connectivity index (χ0) is 16.5. The summed E-state index contributed by atoms with van der Waals surface area (Å²) in [5.74, 6) is -0.494. The summed E-state index contributed by atoms with van der Waals surface area (Å²) in [7, 11) is -3.57. The van der Waals surface area contributed by atoms with Crippen molar-refractivity contribution in [3.63, 3.8) is 0 Å². The van der Waals surface area contributed by atoms with Crippen LogP contribution in [0.2, 0.25) is 0 Å². The molecule has 122 valence electrons. The maximum absolute atomic E-state index is 12.3. The number of benzene rings is 1. The zero-order valence-corrected chi connectivity index (χ0v) is 14.0. The summed E-state index contributed by atoms with van der Waals surface area (Å²) >= 11 is 0. The van der Waals surface area contributed by atoms with Crippen molar-refractivity contribution in [2.45, 2.75) is 32.7 Å². The van der Waals surface area contributed by atoms with Gasteiger partial charge in [0.15, 0.2) is 0 Å². The van der Waals surface area contributed by atoms with Gasteiger partial charge in [-0.25, -0.2) is 13.6 Å². The number of amides is 1. The largest absolute Gasteiger partial charge is 0.379 e. The lowest BCUT2D eigenvalue weighted by atomic mass is 10.1. The summed E-state index contributed by atoms with van der Waals surface area (Å²) in [5.41, 5.74) is 1.50. The van der Waals surface area contributed by atoms with Gasteiger partial charge in [-0.2, -0.15) is 0 Å². The van der Waals surface area contributed by atoms with Crippen LogP contribution in [0.15, 0.2) is 24.3 Å². The number of nitrogens with two attached hydrogens (primary N) is 1. The quantitative estimate of drug-likeness (QED) is 0.878. The first-order valence-corrected chi connectivity index (χ1v) is 8.95. The van der Waals surface area contributed by atoms with E-state index in [0.29, 0.717) is 6.54 Å². The van der Waals surface area contributed by atoms with Crippen molar-refractivity contribution in [1.82, 2.24) is 0 Å². The molecule has 0 radical (unpaired) electrons. The average molecular weight is 325 g/mol. The number of rotatable bonds is 4. The maximum Gasteiger partial charge on any atom is 0.227 e. The fourth-order valence-corrected chi connectivity index (χ4v) is 3.55. The molecule has 0 spiro atoms. The lowest BCUT2D eigenvalue weighted by Gasteiger charge is -2.27. The molecule has 22 heavy (non-hydrogen) atoms. The van der Waals surface area contributed by atoms with E-state index < -0.39 is 10.0 Å². The number of hydrogen-bond acceptors (Lipinski definition) is 4. The molecule has 1 aromatic carbocycles. The molecule has 1 aliphatic rings. The van der Waals surface area contributed by atoms with E-state index >= 15 is 0 Å². The smallest absolute Gasteiger partial charge is 0.227 e. The van der Waals surface area contributed by atoms with Crippen molar-refractivity contribution in [2.75, 3.05) is 22.5 Å². The highest BCUT2D eigenvalue weighted by molar-refractivity contribution is 7.89. The molecule has 1 heterocycles. The van der Waals surface area contributed by atoms with E-state index in [0.717, 1.165) is 11.4 Å². The summed E-state index contributed by atoms with van der Waals surface area (Å²) < 4.78 is 22.5. The van der Waals surface area contributed by atoms with Gasteiger partial charge in [0.25, 0.3) is 0 Å². The van der Waals surface area contributed by atoms with Gasteiger partial charge < -0.3 is 10.2 Å². The first-order valence-electron chi connectivity index (χ1n) is 7.23. The average Bonchev–Trinajstić information content (AvgIpc) is 2.66. The van der Waals surface area contributed by atoms with Crippen molar-refractivity contribution in [3.05, 3.63) is 24.3 Å². The lowest BCUT2D eigenvalue weighted by Crippen LogP contribution is -2.31. The van der Waals surface area contributed by atoms with Gasteiger partial charge in [0.1, 0.15) is 0 Å². The number of nitrogens with one attached hydrogen (secondary N) is 1. The van der Waals surface area contributed by atoms with E-state index in [4.69, 9.17) is 5.14 Å². The first kappa shape index (κ1) is 16.8. The predicted octanol–water partition coefficient (Wildman–Crippen LogP) is 1.54. The van der Waals surface area contributed by atoms with E-state index in [1.807, 2.05) is 45.0 Å². The molecule has 0 saturated carbocycles. The molecule has 0 aliphatic carbocycles. The van der Waals surface area contributed by atoms with Crippen LogP contribution < -0.4 is 15.4 Å². The number of hydrogen-bond donors (Lipinski definition) is 2. The van der Waals surface area contributed by atoms with Crippen LogP contribution in [-0.4, -0.2) is 32.2 Å². The fourth-order valence-electron chi connectivity index (χ4n) is 2.67. The molecule has 1 aliphatic heterocycles. The summed E-state index contributed by atoms with van der Waals surface area (Å²) in [4.78, 5) is 13.9. The van der Waals surface area contributed by atoms with Gasteiger partial charge in [-0.3, -0.25) is 4.79 Å². The Hall–Kier alpha value is -1.60. The second kappa shape index (κ2) is 5.89. The molecule has 1 fully saturated rings. The van der Waals surface area contributed by atoms with Crippen molar-refractivity contribution in [2.24, 2.45) is 11.1 Å². The van der Waals surface area contributed by atoms with Crippen LogP contribution in [0.4, 0.5) is 11.4 Å². The number of primary sulfonamides is 1. The SMILES string of the molecule is CC(C)(C)Nc1ccccc1N1CC(CS(N)(=O)=O)CC1=O. The molecule has 0 aromatic heterocycles. The molecule has 1 atom stereocenters. The number of para-hydroxylation sites is 2. The van der Waals surface area contributed by atoms with Crippen molar-refractivity contribution >= 4 is 27.3 Å². The highest BCUT2D eigenvalue weighted by atomic mass is 32.2. The van der Waals surface area contributed by atoms with Gasteiger partial charge in [-0.15, -0.1) is 0 Å². The fraction of sp³-hybridized carbons (Fsp3) is 0.533. The number of anilines is 2. The summed E-state index contributed by atoms with van der Waals surface area (Å²) in [5, 5.41) is 8.46. The third-order valence-corrected chi connectivity index (χ3v) is 4.31. The highest BCUT2D eigenvalue weighted by Gasteiger charge is 2.34. The maximum atomic E-state index is 12.3. The molecule has 0 bridgehead atoms. The third-order valence-electron chi connectivity index (χ3n) is 3.38. The van der Waals surface area contributed by atoms with Crippen molar-refractivity contribution in [1.29, 1.82) is 0 Å². The minimum atomic E-state index is -3.57. The Labute approximate surface area is 131 Å². The van der Waals surface area contributed by atoms with Gasteiger partial charge in [-0.05, 0) is 32.9 Å². The number of carbonyl (C=O) groups excluding carboxylic acids is 1. The second-order valence-corrected chi connectivity index (χ2v) is 8.46. The molecule has 6 nitrogen and oxygen atoms in total. The summed E-state index contributed by atoms with van der Waals surface area (Å²) in [6.45, 7) is 6.50.